The van der Waals surface area contributed by atoms with E-state index in [4.69, 9.17) is 33.2 Å². The van der Waals surface area contributed by atoms with E-state index in [2.05, 4.69) is 62.2 Å². The predicted molar refractivity (Wildman–Crippen MR) is 480 cm³/mol. The van der Waals surface area contributed by atoms with Crippen LogP contribution in [0.3, 0.4) is 0 Å². The number of esters is 3. The van der Waals surface area contributed by atoms with Crippen molar-refractivity contribution in [3.05, 3.63) is 186 Å². The number of nitro benzene ring substituents is 4. The molecule has 8 N–H and O–H groups in total. The summed E-state index contributed by atoms with van der Waals surface area (Å²) in [6, 6.07) is 34.4. The van der Waals surface area contributed by atoms with Crippen LogP contribution in [0, 0.1) is 40.5 Å². The van der Waals surface area contributed by atoms with Gasteiger partial charge < -0.3 is 94.5 Å². The van der Waals surface area contributed by atoms with Gasteiger partial charge in [0.2, 0.25) is 23.6 Å². The molecule has 0 aromatic heterocycles. The van der Waals surface area contributed by atoms with Crippen LogP contribution in [-0.2, 0) is 66.7 Å². The summed E-state index contributed by atoms with van der Waals surface area (Å²) in [6.45, 7) is 16.9. The molecule has 8 rings (SSSR count). The van der Waals surface area contributed by atoms with E-state index in [0.717, 1.165) is 53.4 Å². The Morgan fingerprint density at radius 2 is 0.562 bits per heavy atom. The van der Waals surface area contributed by atoms with E-state index in [0.29, 0.717) is 124 Å². The number of methoxy groups -OCH3 is 5. The molecule has 0 aliphatic heterocycles. The van der Waals surface area contributed by atoms with Gasteiger partial charge >= 0.3 is 17.9 Å². The Balaban J connectivity index is 0.000000307. The fraction of sp³-hybridized carbons (Fsp3) is 0.345. The Morgan fingerprint density at radius 1 is 0.323 bits per heavy atom. The maximum atomic E-state index is 11.7. The lowest BCUT2D eigenvalue weighted by atomic mass is 10.2. The molecule has 0 saturated heterocycles. The van der Waals surface area contributed by atoms with Crippen molar-refractivity contribution in [3.8, 4) is 23.0 Å². The summed E-state index contributed by atoms with van der Waals surface area (Å²) in [5.74, 6) is -3.82. The lowest BCUT2D eigenvalue weighted by molar-refractivity contribution is -0.385. The van der Waals surface area contributed by atoms with Crippen molar-refractivity contribution in [1.82, 2.24) is 0 Å². The normalized spacial score (nSPS) is 10.8. The average Bonchev–Trinajstić information content (AvgIpc) is 0.804. The highest BCUT2D eigenvalue weighted by Gasteiger charge is 2.21. The lowest BCUT2D eigenvalue weighted by Gasteiger charge is -2.25. The molecule has 0 radical (unpaired) electrons. The van der Waals surface area contributed by atoms with Crippen LogP contribution < -0.4 is 40.9 Å². The third-order valence-corrected chi connectivity index (χ3v) is 17.5. The van der Waals surface area contributed by atoms with Gasteiger partial charge in [0.05, 0.1) is 120 Å². The zero-order valence-corrected chi connectivity index (χ0v) is 73.3. The molecule has 8 aromatic rings. The highest BCUT2D eigenvalue weighted by Crippen LogP contribution is 2.41. The Morgan fingerprint density at radius 3 is 0.777 bits per heavy atom. The number of azo groups is 4. The van der Waals surface area contributed by atoms with E-state index in [1.165, 1.54) is 90.3 Å². The van der Waals surface area contributed by atoms with Gasteiger partial charge in [-0.05, 0) is 103 Å². The second kappa shape index (κ2) is 54.9. The fourth-order valence-corrected chi connectivity index (χ4v) is 11.2. The molecule has 0 aliphatic carbocycles. The van der Waals surface area contributed by atoms with E-state index in [1.807, 2.05) is 32.6 Å². The molecule has 0 saturated carbocycles. The number of carbonyl (C=O) groups is 7. The predicted octanol–water partition coefficient (Wildman–Crippen LogP) is 16.0. The number of nitrogens with zero attached hydrogens (tertiary/aromatic N) is 16. The molecule has 694 valence electrons. The summed E-state index contributed by atoms with van der Waals surface area (Å²) >= 11 is 0. The number of benzene rings is 8. The summed E-state index contributed by atoms with van der Waals surface area (Å²) in [7, 11) is 7.73. The third kappa shape index (κ3) is 36.1. The van der Waals surface area contributed by atoms with Gasteiger partial charge in [-0.1, -0.05) is 13.8 Å². The number of phenols is 4. The highest BCUT2D eigenvalue weighted by atomic mass is 16.6. The third-order valence-electron chi connectivity index (χ3n) is 17.5. The summed E-state index contributed by atoms with van der Waals surface area (Å²) in [5, 5.41) is 126. The zero-order chi connectivity index (χ0) is 95.9. The van der Waals surface area contributed by atoms with E-state index in [-0.39, 0.29) is 119 Å². The second-order valence-corrected chi connectivity index (χ2v) is 27.2. The number of amides is 4. The van der Waals surface area contributed by atoms with Gasteiger partial charge in [-0.25, -0.2) is 0 Å². The van der Waals surface area contributed by atoms with Crippen molar-refractivity contribution >= 4 is 155 Å². The van der Waals surface area contributed by atoms with Gasteiger partial charge in [0.15, 0.2) is 0 Å². The number of nitro groups is 4. The molecule has 4 amide bonds. The van der Waals surface area contributed by atoms with E-state index in [9.17, 15) is 94.4 Å². The van der Waals surface area contributed by atoms with Crippen LogP contribution in [0.4, 0.5) is 114 Å². The van der Waals surface area contributed by atoms with Crippen LogP contribution >= 0.6 is 0 Å². The number of rotatable bonds is 44. The van der Waals surface area contributed by atoms with Crippen molar-refractivity contribution in [2.45, 2.75) is 67.7 Å². The van der Waals surface area contributed by atoms with E-state index < -0.39 is 36.9 Å². The Labute approximate surface area is 745 Å². The minimum atomic E-state index is -0.634. The summed E-state index contributed by atoms with van der Waals surface area (Å²) in [6.07, 6.45) is 1.35. The molecular formula is C84H102N20O26. The number of non-ortho nitro benzene ring substituents is 4. The molecule has 46 nitrogen and oxygen atoms in total. The molecule has 130 heavy (non-hydrogen) atoms. The number of aromatic hydroxyl groups is 4. The number of ether oxygens (including phenoxy) is 7. The van der Waals surface area contributed by atoms with Crippen molar-refractivity contribution in [2.24, 2.45) is 40.9 Å². The number of carbonyl (C=O) groups excluding carboxylic acids is 7. The number of phenolic OH excluding ortho intramolecular Hbond substituents is 4. The molecular weight excluding hydrogens is 1710 g/mol. The average molecular weight is 1810 g/mol. The molecule has 0 bridgehead atoms. The van der Waals surface area contributed by atoms with Gasteiger partial charge in [0, 0.05) is 156 Å². The first kappa shape index (κ1) is 105. The fourth-order valence-electron chi connectivity index (χ4n) is 11.2. The van der Waals surface area contributed by atoms with Crippen LogP contribution in [0.1, 0.15) is 67.7 Å². The van der Waals surface area contributed by atoms with E-state index >= 15 is 0 Å². The van der Waals surface area contributed by atoms with Gasteiger partial charge in [-0.15, -0.1) is 40.9 Å². The minimum Gasteiger partial charge on any atom is -0.505 e. The quantitative estimate of drug-likeness (QED) is 0.00578. The molecule has 0 heterocycles. The number of nitrogens with one attached hydrogen (secondary N) is 4. The zero-order valence-electron chi connectivity index (χ0n) is 73.3. The Kier molecular flexibility index (Phi) is 44.3. The van der Waals surface area contributed by atoms with Crippen LogP contribution in [0.15, 0.2) is 187 Å². The van der Waals surface area contributed by atoms with Gasteiger partial charge in [0.1, 0.15) is 81.7 Å². The van der Waals surface area contributed by atoms with Crippen LogP contribution in [0.25, 0.3) is 0 Å². The van der Waals surface area contributed by atoms with E-state index in [1.54, 1.807) is 102 Å². The van der Waals surface area contributed by atoms with Crippen molar-refractivity contribution in [1.29, 1.82) is 0 Å². The maximum Gasteiger partial charge on any atom is 0.307 e. The number of anilines is 8. The Hall–Kier alpha value is -15.7. The van der Waals surface area contributed by atoms with Crippen molar-refractivity contribution < 1.29 is 107 Å². The van der Waals surface area contributed by atoms with Gasteiger partial charge in [-0.3, -0.25) is 74.0 Å². The molecule has 0 spiro atoms. The molecule has 0 fully saturated rings. The van der Waals surface area contributed by atoms with Crippen LogP contribution in [0.2, 0.25) is 0 Å². The van der Waals surface area contributed by atoms with Crippen LogP contribution in [-0.4, -0.2) is 209 Å². The monoisotopic (exact) mass is 1810 g/mol. The SMILES string of the molecule is CCC(=O)OCCN(CCOC)c1ccc(N=Nc2ccc([N+](=O)[O-])cc2O)c(NC(C)=O)c1.CCCN(CCC(=O)OC)c1ccc(N=Nc2ccc([N+](=O)[O-])cc2O)c(NC(C)=O)c1.COCCN(CCOC(C)=O)c1ccc(N=Nc2ccc([N+](=O)[O-])cc2O)c(NC(C)=O)c1.COCCN(CCOC)c1ccc(N=Nc2ccc([N+](=O)[O-])cc2O)c(NC(C)=O)c1. The molecule has 8 aromatic carbocycles. The standard InChI is InChI=1S/C22H27N5O7.C21H25N5O7.C21H25N5O6.C20H25N5O6/c1-4-22(30)34-12-10-26(9-11-33-3)16-5-7-18(20(13-16)23-15(2)28)24-25-19-8-6-17(27(31)32)14-21(19)29;1-14(27)22-20-12-16(25(8-10-32-3)9-11-33-15(2)28)4-6-18(20)23-24-19-7-5-17(26(30)31)13-21(19)29;1-4-10-25(11-9-21(29)32-3)15-5-7-17(19(12-15)22-14(2)27)23-24-18-8-6-16(26(30)31)13-20(18)28;1-14(26)21-19-12-15(24(8-10-30-2)9-11-31-3)4-6-17(19)22-23-18-7-5-16(25(28)29)13-20(18)27/h5-8,13-14,29H,4,9-12H2,1-3H3,(H,23,28);4-7,12-13,29H,8-11H2,1-3H3,(H,22,27);5-8,12-13,28H,4,9-11H2,1-3H3,(H,22,27);4-7,12-13,27H,8-11H2,1-3H3,(H,21,26). The molecule has 46 heteroatoms. The summed E-state index contributed by atoms with van der Waals surface area (Å²) in [4.78, 5) is 129. The first-order valence-corrected chi connectivity index (χ1v) is 39.6. The number of hydrogen-bond donors (Lipinski definition) is 8. The van der Waals surface area contributed by atoms with Crippen molar-refractivity contribution in [3.63, 3.8) is 0 Å². The van der Waals surface area contributed by atoms with Gasteiger partial charge in [0.25, 0.3) is 22.7 Å². The van der Waals surface area contributed by atoms with Crippen molar-refractivity contribution in [2.75, 3.05) is 168 Å². The van der Waals surface area contributed by atoms with Gasteiger partial charge in [-0.2, -0.15) is 0 Å². The van der Waals surface area contributed by atoms with Crippen LogP contribution in [0.5, 0.6) is 23.0 Å². The first-order valence-electron chi connectivity index (χ1n) is 39.6. The summed E-state index contributed by atoms with van der Waals surface area (Å²) < 4.78 is 35.5. The topological polar surface area (TPSA) is 598 Å². The smallest absolute Gasteiger partial charge is 0.307 e. The summed E-state index contributed by atoms with van der Waals surface area (Å²) in [5.41, 5.74) is 4.96. The number of hydrogen-bond acceptors (Lipinski definition) is 38. The second-order valence-electron chi connectivity index (χ2n) is 27.2. The molecule has 0 atom stereocenters. The largest absolute Gasteiger partial charge is 0.505 e. The first-order chi connectivity index (χ1) is 62.0. The lowest BCUT2D eigenvalue weighted by Crippen LogP contribution is -2.31. The highest BCUT2D eigenvalue weighted by molar-refractivity contribution is 5.96. The Bertz CT molecular complexity index is 5360. The molecule has 0 aliphatic rings. The molecule has 0 unspecified atom stereocenters. The maximum absolute atomic E-state index is 11.7. The minimum absolute atomic E-state index is 0.0292.